The van der Waals surface area contributed by atoms with E-state index in [-0.39, 0.29) is 5.60 Å². The number of nitrogens with one attached hydrogen (secondary N) is 1. The van der Waals surface area contributed by atoms with Gasteiger partial charge < -0.3 is 10.1 Å². The van der Waals surface area contributed by atoms with Gasteiger partial charge in [0.05, 0.1) is 12.8 Å². The van der Waals surface area contributed by atoms with E-state index in [1.54, 1.807) is 4.68 Å². The lowest BCUT2D eigenvalue weighted by Gasteiger charge is -2.33. The van der Waals surface area contributed by atoms with Gasteiger partial charge in [0.15, 0.2) is 0 Å². The van der Waals surface area contributed by atoms with Crippen molar-refractivity contribution in [3.05, 3.63) is 18.0 Å². The number of ether oxygens (including phenoxy) is 1. The van der Waals surface area contributed by atoms with Crippen molar-refractivity contribution in [3.63, 3.8) is 0 Å². The Morgan fingerprint density at radius 1 is 1.69 bits per heavy atom. The van der Waals surface area contributed by atoms with E-state index in [0.717, 1.165) is 25.3 Å². The molecule has 1 saturated heterocycles. The number of aryl methyl sites for hydroxylation is 1. The van der Waals surface area contributed by atoms with E-state index in [4.69, 9.17) is 4.74 Å². The number of nitrogens with zero attached hydrogens (tertiary/aromatic N) is 2. The van der Waals surface area contributed by atoms with E-state index in [0.29, 0.717) is 0 Å². The smallest absolute Gasteiger partial charge is 0.106 e. The van der Waals surface area contributed by atoms with Crippen LogP contribution in [0.25, 0.3) is 0 Å². The summed E-state index contributed by atoms with van der Waals surface area (Å²) in [5, 5.41) is 7.47. The minimum atomic E-state index is -0.202. The molecule has 2 rings (SSSR count). The van der Waals surface area contributed by atoms with Crippen LogP contribution in [-0.2, 0) is 17.4 Å². The van der Waals surface area contributed by atoms with Crippen molar-refractivity contribution in [2.45, 2.75) is 12.5 Å². The fourth-order valence-corrected chi connectivity index (χ4v) is 1.61. The molecule has 0 aliphatic carbocycles. The topological polar surface area (TPSA) is 39.1 Å². The van der Waals surface area contributed by atoms with Gasteiger partial charge in [-0.05, 0) is 6.92 Å². The van der Waals surface area contributed by atoms with E-state index in [1.165, 1.54) is 0 Å². The molecule has 1 aromatic heterocycles. The molecule has 72 valence electrons. The molecule has 0 bridgehead atoms. The molecule has 0 unspecified atom stereocenters. The molecule has 1 aromatic rings. The molecule has 1 aliphatic rings. The number of aromatic nitrogens is 2. The predicted octanol–water partition coefficient (Wildman–Crippen LogP) is 0.255. The lowest BCUT2D eigenvalue weighted by Crippen LogP contribution is -2.45. The molecule has 4 heteroatoms. The SMILES string of the molecule is Cn1cc([C@@]2(C)CNCCO2)cn1. The average molecular weight is 181 g/mol. The van der Waals surface area contributed by atoms with Crippen LogP contribution >= 0.6 is 0 Å². The molecule has 1 aliphatic heterocycles. The molecule has 0 aromatic carbocycles. The lowest BCUT2D eigenvalue weighted by molar-refractivity contribution is -0.0572. The lowest BCUT2D eigenvalue weighted by atomic mass is 9.98. The zero-order valence-corrected chi connectivity index (χ0v) is 8.08. The maximum Gasteiger partial charge on any atom is 0.106 e. The zero-order chi connectivity index (χ0) is 9.31. The number of hydrogen-bond donors (Lipinski definition) is 1. The highest BCUT2D eigenvalue weighted by Crippen LogP contribution is 2.25. The Labute approximate surface area is 77.9 Å². The van der Waals surface area contributed by atoms with Crippen LogP contribution in [0.15, 0.2) is 12.4 Å². The minimum Gasteiger partial charge on any atom is -0.368 e. The molecule has 1 atom stereocenters. The Hall–Kier alpha value is -0.870. The summed E-state index contributed by atoms with van der Waals surface area (Å²) in [5.74, 6) is 0. The number of morpholine rings is 1. The van der Waals surface area contributed by atoms with Crippen LogP contribution in [0.1, 0.15) is 12.5 Å². The molecule has 2 heterocycles. The summed E-state index contributed by atoms with van der Waals surface area (Å²) in [5.41, 5.74) is 0.939. The first kappa shape index (κ1) is 8.72. The van der Waals surface area contributed by atoms with Crippen molar-refractivity contribution in [1.82, 2.24) is 15.1 Å². The normalized spacial score (nSPS) is 29.1. The van der Waals surface area contributed by atoms with E-state index >= 15 is 0 Å². The van der Waals surface area contributed by atoms with E-state index in [9.17, 15) is 0 Å². The Balaban J connectivity index is 2.22. The second-order valence-electron chi connectivity index (χ2n) is 3.66. The molecular formula is C9H15N3O. The maximum atomic E-state index is 5.75. The van der Waals surface area contributed by atoms with Crippen LogP contribution in [0.5, 0.6) is 0 Å². The van der Waals surface area contributed by atoms with Crippen LogP contribution in [0.2, 0.25) is 0 Å². The molecule has 0 radical (unpaired) electrons. The summed E-state index contributed by atoms with van der Waals surface area (Å²) >= 11 is 0. The summed E-state index contributed by atoms with van der Waals surface area (Å²) < 4.78 is 7.55. The monoisotopic (exact) mass is 181 g/mol. The standard InChI is InChI=1S/C9H15N3O/c1-9(7-10-3-4-13-9)8-5-11-12(2)6-8/h5-6,10H,3-4,7H2,1-2H3/t9-/m1/s1. The second kappa shape index (κ2) is 3.12. The van der Waals surface area contributed by atoms with Crippen LogP contribution < -0.4 is 5.32 Å². The van der Waals surface area contributed by atoms with Gasteiger partial charge in [-0.15, -0.1) is 0 Å². The summed E-state index contributed by atoms with van der Waals surface area (Å²) in [6.07, 6.45) is 3.88. The van der Waals surface area contributed by atoms with Crippen molar-refractivity contribution in [2.75, 3.05) is 19.7 Å². The highest BCUT2D eigenvalue weighted by atomic mass is 16.5. The van der Waals surface area contributed by atoms with Crippen molar-refractivity contribution in [3.8, 4) is 0 Å². The van der Waals surface area contributed by atoms with Crippen molar-refractivity contribution in [1.29, 1.82) is 0 Å². The van der Waals surface area contributed by atoms with Crippen LogP contribution in [0, 0.1) is 0 Å². The molecule has 13 heavy (non-hydrogen) atoms. The van der Waals surface area contributed by atoms with Gasteiger partial charge in [-0.2, -0.15) is 5.10 Å². The van der Waals surface area contributed by atoms with Gasteiger partial charge >= 0.3 is 0 Å². The Morgan fingerprint density at radius 2 is 2.54 bits per heavy atom. The minimum absolute atomic E-state index is 0.202. The van der Waals surface area contributed by atoms with Crippen molar-refractivity contribution < 1.29 is 4.74 Å². The molecular weight excluding hydrogens is 166 g/mol. The van der Waals surface area contributed by atoms with Gasteiger partial charge in [0, 0.05) is 31.9 Å². The third-order valence-corrected chi connectivity index (χ3v) is 2.48. The molecule has 0 saturated carbocycles. The first-order valence-electron chi connectivity index (χ1n) is 4.54. The van der Waals surface area contributed by atoms with Crippen LogP contribution in [0.3, 0.4) is 0 Å². The van der Waals surface area contributed by atoms with Gasteiger partial charge in [-0.3, -0.25) is 4.68 Å². The first-order chi connectivity index (χ1) is 6.21. The number of rotatable bonds is 1. The predicted molar refractivity (Wildman–Crippen MR) is 49.4 cm³/mol. The maximum absolute atomic E-state index is 5.75. The van der Waals surface area contributed by atoms with Crippen molar-refractivity contribution >= 4 is 0 Å². The molecule has 1 fully saturated rings. The summed E-state index contributed by atoms with van der Waals surface area (Å²) in [4.78, 5) is 0. The summed E-state index contributed by atoms with van der Waals surface area (Å²) in [7, 11) is 1.92. The first-order valence-corrected chi connectivity index (χ1v) is 4.54. The average Bonchev–Trinajstić information content (AvgIpc) is 2.54. The fraction of sp³-hybridized carbons (Fsp3) is 0.667. The summed E-state index contributed by atoms with van der Waals surface area (Å²) in [6.45, 7) is 4.66. The van der Waals surface area contributed by atoms with Gasteiger partial charge in [-0.25, -0.2) is 0 Å². The molecule has 1 N–H and O–H groups in total. The van der Waals surface area contributed by atoms with E-state index < -0.39 is 0 Å². The molecule has 0 amide bonds. The van der Waals surface area contributed by atoms with Gasteiger partial charge in [0.1, 0.15) is 5.60 Å². The third kappa shape index (κ3) is 1.59. The van der Waals surface area contributed by atoms with Crippen LogP contribution in [0.4, 0.5) is 0 Å². The summed E-state index contributed by atoms with van der Waals surface area (Å²) in [6, 6.07) is 0. The largest absolute Gasteiger partial charge is 0.368 e. The Morgan fingerprint density at radius 3 is 3.08 bits per heavy atom. The molecule has 4 nitrogen and oxygen atoms in total. The van der Waals surface area contributed by atoms with Gasteiger partial charge in [0.2, 0.25) is 0 Å². The third-order valence-electron chi connectivity index (χ3n) is 2.48. The Kier molecular flexibility index (Phi) is 2.09. The van der Waals surface area contributed by atoms with E-state index in [2.05, 4.69) is 17.3 Å². The van der Waals surface area contributed by atoms with E-state index in [1.807, 2.05) is 19.4 Å². The highest BCUT2D eigenvalue weighted by molar-refractivity contribution is 5.15. The second-order valence-corrected chi connectivity index (χ2v) is 3.66. The Bertz CT molecular complexity index is 289. The van der Waals surface area contributed by atoms with Gasteiger partial charge in [-0.1, -0.05) is 0 Å². The van der Waals surface area contributed by atoms with Crippen molar-refractivity contribution in [2.24, 2.45) is 7.05 Å². The fourth-order valence-electron chi connectivity index (χ4n) is 1.61. The number of hydrogen-bond acceptors (Lipinski definition) is 3. The van der Waals surface area contributed by atoms with Gasteiger partial charge in [0.25, 0.3) is 0 Å². The highest BCUT2D eigenvalue weighted by Gasteiger charge is 2.30. The quantitative estimate of drug-likeness (QED) is 0.675. The van der Waals surface area contributed by atoms with Crippen LogP contribution in [-0.4, -0.2) is 29.5 Å². The molecule has 0 spiro atoms. The zero-order valence-electron chi connectivity index (χ0n) is 8.08.